The SMILES string of the molecule is O=S(=O)(c1ccccc1)C(CCCN1CCN(c2ccccc2)CC1)c1ccc(Cl)cc1. The number of rotatable bonds is 8. The van der Waals surface area contributed by atoms with Crippen molar-refractivity contribution in [3.63, 3.8) is 0 Å². The highest BCUT2D eigenvalue weighted by Gasteiger charge is 2.29. The summed E-state index contributed by atoms with van der Waals surface area (Å²) in [6.45, 7) is 4.87. The van der Waals surface area contributed by atoms with Crippen molar-refractivity contribution in [3.05, 3.63) is 95.5 Å². The third-order valence-electron chi connectivity index (χ3n) is 6.12. The zero-order valence-corrected chi connectivity index (χ0v) is 19.7. The van der Waals surface area contributed by atoms with E-state index in [1.165, 1.54) is 5.69 Å². The maximum Gasteiger partial charge on any atom is 0.185 e. The highest BCUT2D eigenvalue weighted by atomic mass is 35.5. The highest BCUT2D eigenvalue weighted by Crippen LogP contribution is 2.33. The van der Waals surface area contributed by atoms with Gasteiger partial charge in [-0.2, -0.15) is 0 Å². The van der Waals surface area contributed by atoms with Gasteiger partial charge in [0.2, 0.25) is 0 Å². The molecule has 168 valence electrons. The van der Waals surface area contributed by atoms with Crippen molar-refractivity contribution in [1.29, 1.82) is 0 Å². The fourth-order valence-corrected chi connectivity index (χ4v) is 6.31. The summed E-state index contributed by atoms with van der Waals surface area (Å²) < 4.78 is 26.9. The van der Waals surface area contributed by atoms with E-state index in [-0.39, 0.29) is 0 Å². The van der Waals surface area contributed by atoms with E-state index in [9.17, 15) is 8.42 Å². The molecule has 1 saturated heterocycles. The lowest BCUT2D eigenvalue weighted by Gasteiger charge is -2.36. The van der Waals surface area contributed by atoms with E-state index in [1.54, 1.807) is 36.4 Å². The third-order valence-corrected chi connectivity index (χ3v) is 8.56. The fraction of sp³-hybridized carbons (Fsp3) is 0.308. The molecule has 0 aromatic heterocycles. The first-order chi connectivity index (χ1) is 15.5. The lowest BCUT2D eigenvalue weighted by Crippen LogP contribution is -2.46. The van der Waals surface area contributed by atoms with Crippen LogP contribution in [0.1, 0.15) is 23.7 Å². The van der Waals surface area contributed by atoms with Crippen molar-refractivity contribution in [1.82, 2.24) is 4.90 Å². The number of nitrogens with zero attached hydrogens (tertiary/aromatic N) is 2. The second kappa shape index (κ2) is 10.5. The number of piperazine rings is 1. The number of hydrogen-bond acceptors (Lipinski definition) is 4. The van der Waals surface area contributed by atoms with E-state index >= 15 is 0 Å². The summed E-state index contributed by atoms with van der Waals surface area (Å²) in [5, 5.41) is 0.0358. The minimum atomic E-state index is -3.48. The van der Waals surface area contributed by atoms with Gasteiger partial charge in [0.15, 0.2) is 9.84 Å². The van der Waals surface area contributed by atoms with E-state index < -0.39 is 15.1 Å². The molecule has 1 aliphatic rings. The third kappa shape index (κ3) is 5.52. The van der Waals surface area contributed by atoms with Crippen molar-refractivity contribution < 1.29 is 8.42 Å². The van der Waals surface area contributed by atoms with Gasteiger partial charge in [-0.1, -0.05) is 60.1 Å². The summed E-state index contributed by atoms with van der Waals surface area (Å²) in [5.41, 5.74) is 2.07. The lowest BCUT2D eigenvalue weighted by molar-refractivity contribution is 0.252. The molecular formula is C26H29ClN2O2S. The Morgan fingerprint density at radius 3 is 2.00 bits per heavy atom. The molecule has 0 N–H and O–H groups in total. The van der Waals surface area contributed by atoms with Crippen LogP contribution in [0.2, 0.25) is 5.02 Å². The van der Waals surface area contributed by atoms with Crippen LogP contribution >= 0.6 is 11.6 Å². The smallest absolute Gasteiger partial charge is 0.185 e. The number of hydrogen-bond donors (Lipinski definition) is 0. The zero-order valence-electron chi connectivity index (χ0n) is 18.1. The molecule has 0 bridgehead atoms. The van der Waals surface area contributed by atoms with Crippen molar-refractivity contribution in [2.45, 2.75) is 23.0 Å². The molecule has 1 heterocycles. The Kier molecular flexibility index (Phi) is 7.51. The molecule has 4 rings (SSSR count). The lowest BCUT2D eigenvalue weighted by atomic mass is 10.1. The van der Waals surface area contributed by atoms with Crippen LogP contribution in [0.15, 0.2) is 89.8 Å². The molecule has 0 saturated carbocycles. The van der Waals surface area contributed by atoms with Crippen LogP contribution in [0.5, 0.6) is 0 Å². The number of sulfone groups is 1. The van der Waals surface area contributed by atoms with Crippen molar-refractivity contribution in [2.24, 2.45) is 0 Å². The maximum absolute atomic E-state index is 13.4. The Labute approximate surface area is 196 Å². The van der Waals surface area contributed by atoms with Gasteiger partial charge in [-0.05, 0) is 61.3 Å². The van der Waals surface area contributed by atoms with E-state index in [0.29, 0.717) is 16.3 Å². The van der Waals surface area contributed by atoms with Crippen LogP contribution in [0, 0.1) is 0 Å². The normalized spacial score (nSPS) is 16.1. The first-order valence-corrected chi connectivity index (χ1v) is 13.0. The van der Waals surface area contributed by atoms with Crippen molar-refractivity contribution in [3.8, 4) is 0 Å². The summed E-state index contributed by atoms with van der Waals surface area (Å²) in [6.07, 6.45) is 1.41. The van der Waals surface area contributed by atoms with E-state index in [1.807, 2.05) is 24.3 Å². The Morgan fingerprint density at radius 2 is 1.38 bits per heavy atom. The largest absolute Gasteiger partial charge is 0.369 e. The van der Waals surface area contributed by atoms with E-state index in [4.69, 9.17) is 11.6 Å². The molecule has 3 aromatic carbocycles. The average molecular weight is 469 g/mol. The summed E-state index contributed by atoms with van der Waals surface area (Å²) in [4.78, 5) is 5.22. The molecule has 0 amide bonds. The predicted octanol–water partition coefficient (Wildman–Crippen LogP) is 5.46. The topological polar surface area (TPSA) is 40.6 Å². The zero-order chi connectivity index (χ0) is 22.4. The number of halogens is 1. The second-order valence-electron chi connectivity index (χ2n) is 8.20. The van der Waals surface area contributed by atoms with Gasteiger partial charge in [0.05, 0.1) is 10.1 Å². The Bertz CT molecular complexity index is 1080. The van der Waals surface area contributed by atoms with Gasteiger partial charge >= 0.3 is 0 Å². The summed E-state index contributed by atoms with van der Waals surface area (Å²) in [5.74, 6) is 0. The second-order valence-corrected chi connectivity index (χ2v) is 10.8. The van der Waals surface area contributed by atoms with Gasteiger partial charge < -0.3 is 4.90 Å². The Hall–Kier alpha value is -2.34. The Morgan fingerprint density at radius 1 is 0.781 bits per heavy atom. The maximum atomic E-state index is 13.4. The predicted molar refractivity (Wildman–Crippen MR) is 132 cm³/mol. The number of para-hydroxylation sites is 1. The van der Waals surface area contributed by atoms with Crippen molar-refractivity contribution in [2.75, 3.05) is 37.6 Å². The monoisotopic (exact) mass is 468 g/mol. The molecule has 1 aliphatic heterocycles. The van der Waals surface area contributed by atoms with Crippen LogP contribution < -0.4 is 4.90 Å². The fourth-order valence-electron chi connectivity index (χ4n) is 4.32. The first-order valence-electron chi connectivity index (χ1n) is 11.1. The van der Waals surface area contributed by atoms with Crippen LogP contribution in [0.3, 0.4) is 0 Å². The Balaban J connectivity index is 1.40. The van der Waals surface area contributed by atoms with E-state index in [2.05, 4.69) is 34.1 Å². The molecule has 32 heavy (non-hydrogen) atoms. The molecule has 1 unspecified atom stereocenters. The quantitative estimate of drug-likeness (QED) is 0.440. The summed E-state index contributed by atoms with van der Waals surface area (Å²) in [7, 11) is -3.48. The number of benzene rings is 3. The molecule has 6 heteroatoms. The molecule has 0 spiro atoms. The van der Waals surface area contributed by atoms with Gasteiger partial charge in [-0.3, -0.25) is 4.90 Å². The number of anilines is 1. The molecule has 0 aliphatic carbocycles. The average Bonchev–Trinajstić information content (AvgIpc) is 2.84. The van der Waals surface area contributed by atoms with Gasteiger partial charge in [0.1, 0.15) is 0 Å². The van der Waals surface area contributed by atoms with Gasteiger partial charge in [0, 0.05) is 36.9 Å². The van der Waals surface area contributed by atoms with Gasteiger partial charge in [0.25, 0.3) is 0 Å². The van der Waals surface area contributed by atoms with E-state index in [0.717, 1.165) is 44.7 Å². The van der Waals surface area contributed by atoms with Crippen LogP contribution in [0.25, 0.3) is 0 Å². The highest BCUT2D eigenvalue weighted by molar-refractivity contribution is 7.91. The molecular weight excluding hydrogens is 440 g/mol. The standard InChI is InChI=1S/C26H29ClN2O2S/c27-23-15-13-22(14-16-23)26(32(30,31)25-10-5-2-6-11-25)12-7-17-28-18-20-29(21-19-28)24-8-3-1-4-9-24/h1-6,8-11,13-16,26H,7,12,17-21H2. The molecule has 1 fully saturated rings. The molecule has 0 radical (unpaired) electrons. The molecule has 4 nitrogen and oxygen atoms in total. The van der Waals surface area contributed by atoms with Crippen molar-refractivity contribution >= 4 is 27.1 Å². The first kappa shape index (κ1) is 22.8. The summed E-state index contributed by atoms with van der Waals surface area (Å²) in [6, 6.07) is 26.5. The van der Waals surface area contributed by atoms with Gasteiger partial charge in [-0.15, -0.1) is 0 Å². The molecule has 1 atom stereocenters. The van der Waals surface area contributed by atoms with Crippen LogP contribution in [0.4, 0.5) is 5.69 Å². The van der Waals surface area contributed by atoms with Crippen LogP contribution in [-0.4, -0.2) is 46.0 Å². The minimum absolute atomic E-state index is 0.372. The van der Waals surface area contributed by atoms with Crippen LogP contribution in [-0.2, 0) is 9.84 Å². The molecule has 3 aromatic rings. The summed E-state index contributed by atoms with van der Waals surface area (Å²) >= 11 is 6.05. The van der Waals surface area contributed by atoms with Gasteiger partial charge in [-0.25, -0.2) is 8.42 Å². The minimum Gasteiger partial charge on any atom is -0.369 e.